The van der Waals surface area contributed by atoms with Crippen LogP contribution in [0.15, 0.2) is 67.3 Å². The van der Waals surface area contributed by atoms with Gasteiger partial charge < -0.3 is 14.8 Å². The molecule has 30 heavy (non-hydrogen) atoms. The van der Waals surface area contributed by atoms with Crippen LogP contribution in [0.1, 0.15) is 27.9 Å². The molecule has 1 N–H and O–H groups in total. The zero-order valence-corrected chi connectivity index (χ0v) is 17.3. The Labute approximate surface area is 180 Å². The Morgan fingerprint density at radius 3 is 2.63 bits per heavy atom. The molecular weight excluding hydrogens is 400 g/mol. The molecule has 1 unspecified atom stereocenters. The molecule has 0 saturated carbocycles. The van der Waals surface area contributed by atoms with E-state index >= 15 is 0 Å². The highest BCUT2D eigenvalue weighted by Crippen LogP contribution is 2.27. The third-order valence-electron chi connectivity index (χ3n) is 5.37. The summed E-state index contributed by atoms with van der Waals surface area (Å²) in [5.41, 5.74) is 2.57. The largest absolute Gasteiger partial charge is 0.354 e. The number of nitrogens with zero attached hydrogens (tertiary/aromatic N) is 3. The van der Waals surface area contributed by atoms with Crippen LogP contribution in [0.2, 0.25) is 5.02 Å². The van der Waals surface area contributed by atoms with Gasteiger partial charge in [0.25, 0.3) is 5.91 Å². The number of hydrogen-bond acceptors (Lipinski definition) is 3. The second-order valence-corrected chi connectivity index (χ2v) is 7.75. The molecule has 0 fully saturated rings. The molecule has 1 aliphatic heterocycles. The number of fused-ring (bicyclic) bond motifs is 1. The zero-order valence-electron chi connectivity index (χ0n) is 16.5. The lowest BCUT2D eigenvalue weighted by atomic mass is 9.92. The fourth-order valence-corrected chi connectivity index (χ4v) is 3.99. The first-order chi connectivity index (χ1) is 14.6. The van der Waals surface area contributed by atoms with Crippen molar-refractivity contribution in [3.63, 3.8) is 0 Å². The first kappa shape index (κ1) is 20.2. The Bertz CT molecular complexity index is 1040. The van der Waals surface area contributed by atoms with Crippen molar-refractivity contribution in [3.8, 4) is 0 Å². The number of aryl methyl sites for hydroxylation is 1. The van der Waals surface area contributed by atoms with Gasteiger partial charge in [-0.05, 0) is 29.7 Å². The van der Waals surface area contributed by atoms with E-state index in [0.29, 0.717) is 30.1 Å². The summed E-state index contributed by atoms with van der Waals surface area (Å²) in [6.07, 6.45) is 6.65. The molecule has 0 aliphatic carbocycles. The van der Waals surface area contributed by atoms with Gasteiger partial charge in [0.1, 0.15) is 6.04 Å². The third-order valence-corrected chi connectivity index (χ3v) is 5.70. The van der Waals surface area contributed by atoms with Gasteiger partial charge in [0.05, 0.1) is 16.9 Å². The predicted octanol–water partition coefficient (Wildman–Crippen LogP) is 3.31. The first-order valence-electron chi connectivity index (χ1n) is 9.99. The molecule has 1 atom stereocenters. The summed E-state index contributed by atoms with van der Waals surface area (Å²) >= 11 is 6.26. The van der Waals surface area contributed by atoms with Crippen LogP contribution in [0, 0.1) is 0 Å². The first-order valence-corrected chi connectivity index (χ1v) is 10.4. The number of benzene rings is 2. The van der Waals surface area contributed by atoms with Crippen molar-refractivity contribution in [3.05, 3.63) is 89.0 Å². The minimum atomic E-state index is -0.572. The predicted molar refractivity (Wildman–Crippen MR) is 115 cm³/mol. The van der Waals surface area contributed by atoms with Crippen molar-refractivity contribution in [2.24, 2.45) is 0 Å². The fraction of sp³-hybridized carbons (Fsp3) is 0.261. The van der Waals surface area contributed by atoms with Crippen LogP contribution in [-0.4, -0.2) is 38.9 Å². The quantitative estimate of drug-likeness (QED) is 0.620. The Kier molecular flexibility index (Phi) is 6.14. The molecule has 0 spiro atoms. The van der Waals surface area contributed by atoms with Crippen molar-refractivity contribution in [1.82, 2.24) is 19.8 Å². The molecule has 2 heterocycles. The van der Waals surface area contributed by atoms with Crippen molar-refractivity contribution in [1.29, 1.82) is 0 Å². The Morgan fingerprint density at radius 2 is 1.87 bits per heavy atom. The van der Waals surface area contributed by atoms with Gasteiger partial charge in [-0.15, -0.1) is 0 Å². The maximum atomic E-state index is 13.3. The summed E-state index contributed by atoms with van der Waals surface area (Å²) in [6.45, 7) is 1.69. The minimum Gasteiger partial charge on any atom is -0.354 e. The molecule has 2 aromatic carbocycles. The number of rotatable bonds is 6. The molecule has 3 aromatic rings. The summed E-state index contributed by atoms with van der Waals surface area (Å²) in [6, 6.07) is 14.3. The maximum Gasteiger partial charge on any atom is 0.256 e. The average molecular weight is 423 g/mol. The van der Waals surface area contributed by atoms with E-state index < -0.39 is 6.04 Å². The van der Waals surface area contributed by atoms with E-state index in [-0.39, 0.29) is 11.8 Å². The molecule has 1 aromatic heterocycles. The van der Waals surface area contributed by atoms with Gasteiger partial charge >= 0.3 is 0 Å². The van der Waals surface area contributed by atoms with E-state index in [4.69, 9.17) is 11.6 Å². The van der Waals surface area contributed by atoms with Gasteiger partial charge in [-0.2, -0.15) is 0 Å². The van der Waals surface area contributed by atoms with Crippen LogP contribution in [0.25, 0.3) is 0 Å². The van der Waals surface area contributed by atoms with Crippen LogP contribution in [-0.2, 0) is 24.3 Å². The number of amides is 2. The van der Waals surface area contributed by atoms with E-state index in [1.54, 1.807) is 41.7 Å². The van der Waals surface area contributed by atoms with E-state index in [0.717, 1.165) is 24.1 Å². The van der Waals surface area contributed by atoms with Gasteiger partial charge in [-0.1, -0.05) is 48.0 Å². The monoisotopic (exact) mass is 422 g/mol. The number of halogens is 1. The Morgan fingerprint density at radius 1 is 1.10 bits per heavy atom. The van der Waals surface area contributed by atoms with Crippen LogP contribution >= 0.6 is 11.6 Å². The molecule has 0 bridgehead atoms. The molecule has 0 radical (unpaired) electrons. The van der Waals surface area contributed by atoms with Gasteiger partial charge in [0.15, 0.2) is 0 Å². The van der Waals surface area contributed by atoms with Gasteiger partial charge in [-0.25, -0.2) is 4.98 Å². The van der Waals surface area contributed by atoms with Crippen LogP contribution in [0.5, 0.6) is 0 Å². The molecule has 154 valence electrons. The summed E-state index contributed by atoms with van der Waals surface area (Å²) in [7, 11) is 0. The van der Waals surface area contributed by atoms with Crippen molar-refractivity contribution in [2.75, 3.05) is 6.54 Å². The molecule has 7 heteroatoms. The van der Waals surface area contributed by atoms with Crippen molar-refractivity contribution >= 4 is 23.4 Å². The van der Waals surface area contributed by atoms with E-state index in [1.165, 1.54) is 0 Å². The number of carbonyl (C=O) groups is 2. The van der Waals surface area contributed by atoms with Crippen LogP contribution in [0.3, 0.4) is 0 Å². The van der Waals surface area contributed by atoms with Gasteiger partial charge in [0.2, 0.25) is 5.91 Å². The summed E-state index contributed by atoms with van der Waals surface area (Å²) < 4.78 is 1.97. The number of nitrogens with one attached hydrogen (secondary N) is 1. The van der Waals surface area contributed by atoms with Crippen LogP contribution < -0.4 is 5.32 Å². The topological polar surface area (TPSA) is 67.2 Å². The SMILES string of the molecule is O=C(NCCCn1ccnc1)C1Cc2ccccc2CN1C(=O)c1ccccc1Cl. The highest BCUT2D eigenvalue weighted by molar-refractivity contribution is 6.33. The molecule has 4 rings (SSSR count). The highest BCUT2D eigenvalue weighted by Gasteiger charge is 2.35. The van der Waals surface area contributed by atoms with Gasteiger partial charge in [-0.3, -0.25) is 9.59 Å². The van der Waals surface area contributed by atoms with Crippen molar-refractivity contribution in [2.45, 2.75) is 32.0 Å². The second kappa shape index (κ2) is 9.13. The lowest BCUT2D eigenvalue weighted by molar-refractivity contribution is -0.126. The Balaban J connectivity index is 1.49. The van der Waals surface area contributed by atoms with Crippen molar-refractivity contribution < 1.29 is 9.59 Å². The number of carbonyl (C=O) groups excluding carboxylic acids is 2. The molecule has 2 amide bonds. The maximum absolute atomic E-state index is 13.3. The number of hydrogen-bond donors (Lipinski definition) is 1. The summed E-state index contributed by atoms with van der Waals surface area (Å²) in [5.74, 6) is -0.371. The molecule has 0 saturated heterocycles. The third kappa shape index (κ3) is 4.39. The lowest BCUT2D eigenvalue weighted by Crippen LogP contribution is -2.52. The summed E-state index contributed by atoms with van der Waals surface area (Å²) in [5, 5.41) is 3.39. The van der Waals surface area contributed by atoms with E-state index in [2.05, 4.69) is 10.3 Å². The molecule has 1 aliphatic rings. The molecule has 6 nitrogen and oxygen atoms in total. The van der Waals surface area contributed by atoms with E-state index in [9.17, 15) is 9.59 Å². The normalized spacial score (nSPS) is 15.5. The second-order valence-electron chi connectivity index (χ2n) is 7.35. The smallest absolute Gasteiger partial charge is 0.256 e. The zero-order chi connectivity index (χ0) is 20.9. The number of imidazole rings is 1. The lowest BCUT2D eigenvalue weighted by Gasteiger charge is -2.36. The highest BCUT2D eigenvalue weighted by atomic mass is 35.5. The number of aromatic nitrogens is 2. The average Bonchev–Trinajstić information content (AvgIpc) is 3.29. The summed E-state index contributed by atoms with van der Waals surface area (Å²) in [4.78, 5) is 32.0. The van der Waals surface area contributed by atoms with Gasteiger partial charge in [0, 0.05) is 38.4 Å². The molecular formula is C23H23ClN4O2. The Hall–Kier alpha value is -3.12. The minimum absolute atomic E-state index is 0.143. The fourth-order valence-electron chi connectivity index (χ4n) is 3.77. The van der Waals surface area contributed by atoms with Crippen LogP contribution in [0.4, 0.5) is 0 Å². The van der Waals surface area contributed by atoms with E-state index in [1.807, 2.05) is 35.0 Å². The standard InChI is InChI=1S/C23H23ClN4O2/c24-20-9-4-3-8-19(20)23(30)28-15-18-7-2-1-6-17(18)14-21(28)22(29)26-10-5-12-27-13-11-25-16-27/h1-4,6-9,11,13,16,21H,5,10,12,14-15H2,(H,26,29).